The Hall–Kier alpha value is -2.83. The van der Waals surface area contributed by atoms with Gasteiger partial charge in [-0.05, 0) is 19.1 Å². The van der Waals surface area contributed by atoms with E-state index in [-0.39, 0.29) is 0 Å². The molecule has 1 aromatic heterocycles. The number of aryl methyl sites for hydroxylation is 1. The van der Waals surface area contributed by atoms with Gasteiger partial charge in [0, 0.05) is 13.6 Å². The Labute approximate surface area is 142 Å². The van der Waals surface area contributed by atoms with Crippen LogP contribution in [0.4, 0.5) is 0 Å². The summed E-state index contributed by atoms with van der Waals surface area (Å²) >= 11 is 0. The number of hydrogen-bond acceptors (Lipinski definition) is 4. The zero-order valence-corrected chi connectivity index (χ0v) is 14.2. The van der Waals surface area contributed by atoms with Crippen molar-refractivity contribution in [3.63, 3.8) is 0 Å². The van der Waals surface area contributed by atoms with E-state index in [1.165, 1.54) is 0 Å². The van der Waals surface area contributed by atoms with Gasteiger partial charge < -0.3 is 19.9 Å². The maximum Gasteiger partial charge on any atom is 0.192 e. The highest BCUT2D eigenvalue weighted by Crippen LogP contribution is 2.07. The molecule has 0 aliphatic carbocycles. The Morgan fingerprint density at radius 1 is 1.29 bits per heavy atom. The van der Waals surface area contributed by atoms with Crippen LogP contribution in [0.15, 0.2) is 48.0 Å². The van der Waals surface area contributed by atoms with Crippen LogP contribution < -0.4 is 15.4 Å². The number of nitrogens with one attached hydrogen (secondary N) is 2. The Morgan fingerprint density at radius 3 is 2.75 bits per heavy atom. The molecule has 0 atom stereocenters. The fraction of sp³-hybridized carbons (Fsp3) is 0.353. The van der Waals surface area contributed by atoms with Gasteiger partial charge >= 0.3 is 0 Å². The third-order valence-corrected chi connectivity index (χ3v) is 3.38. The quantitative estimate of drug-likeness (QED) is 0.332. The fourth-order valence-corrected chi connectivity index (χ4v) is 1.94. The van der Waals surface area contributed by atoms with Crippen molar-refractivity contribution in [2.24, 2.45) is 12.0 Å². The van der Waals surface area contributed by atoms with Gasteiger partial charge in [-0.1, -0.05) is 24.3 Å². The molecule has 7 heteroatoms. The van der Waals surface area contributed by atoms with Gasteiger partial charge in [-0.3, -0.25) is 0 Å². The largest absolute Gasteiger partial charge is 0.492 e. The first-order chi connectivity index (χ1) is 11.7. The molecule has 0 radical (unpaired) electrons. The fourth-order valence-electron chi connectivity index (χ4n) is 1.94. The van der Waals surface area contributed by atoms with E-state index in [2.05, 4.69) is 32.4 Å². The first kappa shape index (κ1) is 17.5. The van der Waals surface area contributed by atoms with Crippen LogP contribution in [0, 0.1) is 6.92 Å². The predicted octanol–water partition coefficient (Wildman–Crippen LogP) is 1.42. The number of nitrogens with zero attached hydrogens (tertiary/aromatic N) is 4. The van der Waals surface area contributed by atoms with Crippen LogP contribution in [-0.2, 0) is 13.6 Å². The van der Waals surface area contributed by atoms with Crippen LogP contribution in [0.3, 0.4) is 0 Å². The second kappa shape index (κ2) is 9.34. The van der Waals surface area contributed by atoms with Gasteiger partial charge in [0.05, 0.1) is 6.54 Å². The summed E-state index contributed by atoms with van der Waals surface area (Å²) in [5.41, 5.74) is 0. The summed E-state index contributed by atoms with van der Waals surface area (Å²) in [4.78, 5) is 4.52. The first-order valence-corrected chi connectivity index (χ1v) is 7.86. The molecular weight excluding hydrogens is 304 g/mol. The number of aliphatic imine (C=N–C) groups is 1. The Balaban J connectivity index is 1.84. The van der Waals surface area contributed by atoms with Gasteiger partial charge in [0.2, 0.25) is 0 Å². The number of para-hydroxylation sites is 1. The SMILES string of the molecule is C=CCNC(=NCc1nnc(C)n1C)NCCOc1ccccc1. The molecule has 0 saturated heterocycles. The van der Waals surface area contributed by atoms with Crippen molar-refractivity contribution in [2.45, 2.75) is 13.5 Å². The summed E-state index contributed by atoms with van der Waals surface area (Å²) < 4.78 is 7.58. The molecule has 2 N–H and O–H groups in total. The first-order valence-electron chi connectivity index (χ1n) is 7.86. The lowest BCUT2D eigenvalue weighted by Gasteiger charge is -2.12. The average molecular weight is 328 g/mol. The number of benzene rings is 1. The Bertz CT molecular complexity index is 665. The molecule has 2 aromatic rings. The van der Waals surface area contributed by atoms with Crippen molar-refractivity contribution in [3.8, 4) is 5.75 Å². The molecule has 0 spiro atoms. The second-order valence-corrected chi connectivity index (χ2v) is 5.15. The molecule has 128 valence electrons. The number of hydrogen-bond donors (Lipinski definition) is 2. The van der Waals surface area contributed by atoms with E-state index in [1.54, 1.807) is 6.08 Å². The summed E-state index contributed by atoms with van der Waals surface area (Å²) in [7, 11) is 1.93. The molecule has 1 aromatic carbocycles. The number of aromatic nitrogens is 3. The summed E-state index contributed by atoms with van der Waals surface area (Å²) in [5, 5.41) is 14.5. The highest BCUT2D eigenvalue weighted by molar-refractivity contribution is 5.79. The molecule has 0 fully saturated rings. The minimum atomic E-state index is 0.448. The molecule has 1 heterocycles. The van der Waals surface area contributed by atoms with E-state index in [0.29, 0.717) is 32.2 Å². The van der Waals surface area contributed by atoms with E-state index in [4.69, 9.17) is 4.74 Å². The summed E-state index contributed by atoms with van der Waals surface area (Å²) in [6.07, 6.45) is 1.78. The monoisotopic (exact) mass is 328 g/mol. The number of guanidine groups is 1. The van der Waals surface area contributed by atoms with Crippen molar-refractivity contribution in [1.82, 2.24) is 25.4 Å². The van der Waals surface area contributed by atoms with Gasteiger partial charge in [0.1, 0.15) is 24.7 Å². The maximum absolute atomic E-state index is 5.65. The van der Waals surface area contributed by atoms with E-state index in [1.807, 2.05) is 48.9 Å². The molecule has 0 saturated carbocycles. The lowest BCUT2D eigenvalue weighted by atomic mass is 10.3. The highest BCUT2D eigenvalue weighted by Gasteiger charge is 2.04. The number of ether oxygens (including phenoxy) is 1. The van der Waals surface area contributed by atoms with Crippen LogP contribution in [0.25, 0.3) is 0 Å². The summed E-state index contributed by atoms with van der Waals surface area (Å²) in [6.45, 7) is 7.88. The van der Waals surface area contributed by atoms with E-state index >= 15 is 0 Å². The lowest BCUT2D eigenvalue weighted by molar-refractivity contribution is 0.322. The van der Waals surface area contributed by atoms with Gasteiger partial charge in [-0.15, -0.1) is 16.8 Å². The van der Waals surface area contributed by atoms with Crippen molar-refractivity contribution < 1.29 is 4.74 Å². The highest BCUT2D eigenvalue weighted by atomic mass is 16.5. The van der Waals surface area contributed by atoms with Gasteiger partial charge in [0.15, 0.2) is 11.8 Å². The van der Waals surface area contributed by atoms with Crippen LogP contribution >= 0.6 is 0 Å². The van der Waals surface area contributed by atoms with Gasteiger partial charge in [-0.2, -0.15) is 0 Å². The van der Waals surface area contributed by atoms with Gasteiger partial charge in [0.25, 0.3) is 0 Å². The lowest BCUT2D eigenvalue weighted by Crippen LogP contribution is -2.39. The van der Waals surface area contributed by atoms with E-state index < -0.39 is 0 Å². The van der Waals surface area contributed by atoms with Crippen molar-refractivity contribution in [3.05, 3.63) is 54.6 Å². The van der Waals surface area contributed by atoms with Crippen molar-refractivity contribution in [1.29, 1.82) is 0 Å². The Morgan fingerprint density at radius 2 is 2.08 bits per heavy atom. The smallest absolute Gasteiger partial charge is 0.192 e. The normalized spacial score (nSPS) is 11.2. The average Bonchev–Trinajstić information content (AvgIpc) is 2.93. The van der Waals surface area contributed by atoms with E-state index in [0.717, 1.165) is 17.4 Å². The molecule has 0 bridgehead atoms. The van der Waals surface area contributed by atoms with Crippen LogP contribution in [0.1, 0.15) is 11.6 Å². The molecule has 24 heavy (non-hydrogen) atoms. The third-order valence-electron chi connectivity index (χ3n) is 3.38. The second-order valence-electron chi connectivity index (χ2n) is 5.15. The van der Waals surface area contributed by atoms with Crippen molar-refractivity contribution >= 4 is 5.96 Å². The molecule has 0 aliphatic heterocycles. The topological polar surface area (TPSA) is 76.4 Å². The molecule has 7 nitrogen and oxygen atoms in total. The molecule has 0 amide bonds. The van der Waals surface area contributed by atoms with Crippen LogP contribution in [-0.4, -0.2) is 40.4 Å². The van der Waals surface area contributed by atoms with E-state index in [9.17, 15) is 0 Å². The summed E-state index contributed by atoms with van der Waals surface area (Å²) in [5.74, 6) is 3.22. The standard InChI is InChI=1S/C17H24N6O/c1-4-10-18-17(20-13-16-22-21-14(2)23(16)3)19-11-12-24-15-8-6-5-7-9-15/h4-9H,1,10-13H2,2-3H3,(H2,18,19,20). The minimum Gasteiger partial charge on any atom is -0.492 e. The minimum absolute atomic E-state index is 0.448. The molecular formula is C17H24N6O. The molecule has 0 unspecified atom stereocenters. The van der Waals surface area contributed by atoms with Gasteiger partial charge in [-0.25, -0.2) is 4.99 Å². The molecule has 2 rings (SSSR count). The Kier molecular flexibility index (Phi) is 6.82. The maximum atomic E-state index is 5.65. The number of rotatable bonds is 8. The third kappa shape index (κ3) is 5.42. The van der Waals surface area contributed by atoms with Crippen molar-refractivity contribution in [2.75, 3.05) is 19.7 Å². The predicted molar refractivity (Wildman–Crippen MR) is 95.0 cm³/mol. The summed E-state index contributed by atoms with van der Waals surface area (Å²) in [6, 6.07) is 9.72. The van der Waals surface area contributed by atoms with Crippen LogP contribution in [0.5, 0.6) is 5.75 Å². The zero-order chi connectivity index (χ0) is 17.2. The molecule has 0 aliphatic rings. The zero-order valence-electron chi connectivity index (χ0n) is 14.2. The van der Waals surface area contributed by atoms with Crippen LogP contribution in [0.2, 0.25) is 0 Å².